The minimum absolute atomic E-state index is 0.212. The van der Waals surface area contributed by atoms with Gasteiger partial charge in [-0.1, -0.05) is 26.0 Å². The summed E-state index contributed by atoms with van der Waals surface area (Å²) in [5.41, 5.74) is 5.82. The number of hydrogen-bond donors (Lipinski definition) is 2. The number of aryl methyl sites for hydroxylation is 1. The zero-order valence-electron chi connectivity index (χ0n) is 20.6. The van der Waals surface area contributed by atoms with Gasteiger partial charge in [0.1, 0.15) is 0 Å². The highest BCUT2D eigenvalue weighted by molar-refractivity contribution is 6.03. The van der Waals surface area contributed by atoms with Gasteiger partial charge in [0.15, 0.2) is 11.6 Å². The third kappa shape index (κ3) is 5.22. The van der Waals surface area contributed by atoms with Gasteiger partial charge in [-0.15, -0.1) is 0 Å². The molecule has 0 spiro atoms. The maximum atomic E-state index is 12.8. The molecule has 1 amide bonds. The highest BCUT2D eigenvalue weighted by Gasteiger charge is 2.36. The third-order valence-electron chi connectivity index (χ3n) is 7.49. The number of aromatic amines is 1. The first kappa shape index (κ1) is 23.7. The number of aromatic nitrogens is 2. The van der Waals surface area contributed by atoms with Gasteiger partial charge in [-0.3, -0.25) is 4.79 Å². The van der Waals surface area contributed by atoms with Gasteiger partial charge >= 0.3 is 0 Å². The molecule has 0 radical (unpaired) electrons. The van der Waals surface area contributed by atoms with E-state index in [1.165, 1.54) is 11.1 Å². The molecule has 0 unspecified atom stereocenters. The Morgan fingerprint density at radius 3 is 2.45 bits per heavy atom. The molecule has 2 aliphatic rings. The Hall–Kier alpha value is -2.44. The number of imidazole rings is 1. The van der Waals surface area contributed by atoms with Crippen molar-refractivity contribution in [3.05, 3.63) is 53.1 Å². The number of nitrogens with one attached hydrogen (secondary N) is 2. The summed E-state index contributed by atoms with van der Waals surface area (Å²) >= 11 is 0. The molecule has 178 valence electrons. The number of amides is 1. The monoisotopic (exact) mass is 451 g/mol. The Bertz CT molecular complexity index is 1020. The van der Waals surface area contributed by atoms with Gasteiger partial charge in [-0.2, -0.15) is 0 Å². The second kappa shape index (κ2) is 9.43. The average Bonchev–Trinajstić information content (AvgIpc) is 3.26. The Morgan fingerprint density at radius 1 is 1.15 bits per heavy atom. The number of benzene rings is 1. The molecule has 0 saturated heterocycles. The zero-order valence-corrected chi connectivity index (χ0v) is 20.6. The van der Waals surface area contributed by atoms with E-state index in [2.05, 4.69) is 53.4 Å². The molecule has 6 nitrogen and oxygen atoms in total. The van der Waals surface area contributed by atoms with Gasteiger partial charge < -0.3 is 19.8 Å². The van der Waals surface area contributed by atoms with Crippen molar-refractivity contribution in [3.8, 4) is 0 Å². The SMILES string of the molecule is COC1(OC)CCC(c2ccc(NC(=O)c3ncc(C)[nH]3)c(C3=CCC(C)(C)CC3)c2)CC1. The zero-order chi connectivity index (χ0) is 23.6. The number of ether oxygens (including phenoxy) is 2. The Balaban J connectivity index is 1.62. The van der Waals surface area contributed by atoms with Crippen LogP contribution in [0.4, 0.5) is 5.69 Å². The molecule has 0 atom stereocenters. The van der Waals surface area contributed by atoms with Crippen LogP contribution in [0.3, 0.4) is 0 Å². The van der Waals surface area contributed by atoms with Crippen molar-refractivity contribution >= 4 is 17.2 Å². The first-order chi connectivity index (χ1) is 15.7. The van der Waals surface area contributed by atoms with Crippen molar-refractivity contribution < 1.29 is 14.3 Å². The van der Waals surface area contributed by atoms with Crippen LogP contribution in [-0.4, -0.2) is 35.9 Å². The summed E-state index contributed by atoms with van der Waals surface area (Å²) < 4.78 is 11.3. The van der Waals surface area contributed by atoms with Gasteiger partial charge in [0.2, 0.25) is 0 Å². The van der Waals surface area contributed by atoms with Crippen molar-refractivity contribution in [2.75, 3.05) is 19.5 Å². The molecule has 4 rings (SSSR count). The van der Waals surface area contributed by atoms with E-state index in [0.29, 0.717) is 17.2 Å². The van der Waals surface area contributed by atoms with Gasteiger partial charge in [-0.25, -0.2) is 4.98 Å². The van der Waals surface area contributed by atoms with Crippen molar-refractivity contribution in [1.82, 2.24) is 9.97 Å². The van der Waals surface area contributed by atoms with E-state index in [0.717, 1.165) is 61.9 Å². The first-order valence-corrected chi connectivity index (χ1v) is 12.0. The van der Waals surface area contributed by atoms with Crippen molar-refractivity contribution in [2.24, 2.45) is 5.41 Å². The Labute approximate surface area is 197 Å². The van der Waals surface area contributed by atoms with Crippen LogP contribution in [0.15, 0.2) is 30.5 Å². The second-order valence-electron chi connectivity index (χ2n) is 10.4. The number of carbonyl (C=O) groups is 1. The minimum atomic E-state index is -0.452. The molecule has 0 bridgehead atoms. The van der Waals surface area contributed by atoms with E-state index in [1.54, 1.807) is 20.4 Å². The van der Waals surface area contributed by atoms with Crippen LogP contribution in [0.2, 0.25) is 0 Å². The molecule has 0 aliphatic heterocycles. The normalized spacial score (nSPS) is 20.3. The van der Waals surface area contributed by atoms with E-state index < -0.39 is 5.79 Å². The van der Waals surface area contributed by atoms with Crippen LogP contribution in [-0.2, 0) is 9.47 Å². The van der Waals surface area contributed by atoms with Crippen molar-refractivity contribution in [2.45, 2.75) is 77.4 Å². The maximum Gasteiger partial charge on any atom is 0.291 e. The molecule has 33 heavy (non-hydrogen) atoms. The lowest BCUT2D eigenvalue weighted by atomic mass is 9.76. The lowest BCUT2D eigenvalue weighted by Crippen LogP contribution is -2.37. The fraction of sp³-hybridized carbons (Fsp3) is 0.556. The largest absolute Gasteiger partial charge is 0.353 e. The van der Waals surface area contributed by atoms with Crippen LogP contribution in [0.5, 0.6) is 0 Å². The topological polar surface area (TPSA) is 76.2 Å². The molecule has 2 N–H and O–H groups in total. The predicted molar refractivity (Wildman–Crippen MR) is 131 cm³/mol. The van der Waals surface area contributed by atoms with E-state index in [-0.39, 0.29) is 5.91 Å². The molecule has 1 saturated carbocycles. The molecule has 1 aromatic carbocycles. The summed E-state index contributed by atoms with van der Waals surface area (Å²) in [4.78, 5) is 20.1. The average molecular weight is 452 g/mol. The standard InChI is InChI=1S/C27H37N3O3/c1-18-17-28-24(29-18)25(31)30-23-7-6-21(19-10-14-27(32-4,33-5)15-11-19)16-22(23)20-8-12-26(2,3)13-9-20/h6-8,16-17,19H,9-15H2,1-5H3,(H,28,29)(H,30,31). The summed E-state index contributed by atoms with van der Waals surface area (Å²) in [6, 6.07) is 6.52. The third-order valence-corrected chi connectivity index (χ3v) is 7.49. The highest BCUT2D eigenvalue weighted by Crippen LogP contribution is 2.44. The second-order valence-corrected chi connectivity index (χ2v) is 10.4. The molecule has 6 heteroatoms. The molecule has 2 aromatic rings. The van der Waals surface area contributed by atoms with Crippen molar-refractivity contribution in [3.63, 3.8) is 0 Å². The lowest BCUT2D eigenvalue weighted by molar-refractivity contribution is -0.224. The molecular weight excluding hydrogens is 414 g/mol. The number of nitrogens with zero attached hydrogens (tertiary/aromatic N) is 1. The summed E-state index contributed by atoms with van der Waals surface area (Å²) in [6.45, 7) is 6.53. The molecule has 1 aromatic heterocycles. The summed E-state index contributed by atoms with van der Waals surface area (Å²) in [5.74, 6) is 0.132. The fourth-order valence-electron chi connectivity index (χ4n) is 5.10. The van der Waals surface area contributed by atoms with Crippen molar-refractivity contribution in [1.29, 1.82) is 0 Å². The Kier molecular flexibility index (Phi) is 6.78. The summed E-state index contributed by atoms with van der Waals surface area (Å²) in [5, 5.41) is 3.11. The quantitative estimate of drug-likeness (QED) is 0.512. The van der Waals surface area contributed by atoms with Crippen LogP contribution in [0.25, 0.3) is 5.57 Å². The van der Waals surface area contributed by atoms with Gasteiger partial charge in [0, 0.05) is 50.2 Å². The predicted octanol–water partition coefficient (Wildman–Crippen LogP) is 6.21. The number of H-pyrrole nitrogens is 1. The van der Waals surface area contributed by atoms with Crippen LogP contribution in [0, 0.1) is 12.3 Å². The van der Waals surface area contributed by atoms with Crippen LogP contribution in [0.1, 0.15) is 92.2 Å². The molecule has 2 aliphatic carbocycles. The van der Waals surface area contributed by atoms with Gasteiger partial charge in [0.25, 0.3) is 5.91 Å². The highest BCUT2D eigenvalue weighted by atomic mass is 16.7. The number of methoxy groups -OCH3 is 2. The van der Waals surface area contributed by atoms with Gasteiger partial charge in [-0.05, 0) is 73.6 Å². The number of anilines is 1. The van der Waals surface area contributed by atoms with E-state index >= 15 is 0 Å². The Morgan fingerprint density at radius 2 is 1.88 bits per heavy atom. The number of hydrogen-bond acceptors (Lipinski definition) is 4. The number of rotatable bonds is 6. The van der Waals surface area contributed by atoms with Crippen LogP contribution >= 0.6 is 0 Å². The first-order valence-electron chi connectivity index (χ1n) is 12.0. The van der Waals surface area contributed by atoms with E-state index in [9.17, 15) is 4.79 Å². The van der Waals surface area contributed by atoms with E-state index in [1.807, 2.05) is 6.92 Å². The number of allylic oxidation sites excluding steroid dienone is 2. The molecular formula is C27H37N3O3. The summed E-state index contributed by atoms with van der Waals surface area (Å²) in [6.07, 6.45) is 11.0. The maximum absolute atomic E-state index is 12.8. The molecule has 1 fully saturated rings. The summed E-state index contributed by atoms with van der Waals surface area (Å²) in [7, 11) is 3.47. The lowest BCUT2D eigenvalue weighted by Gasteiger charge is -2.38. The van der Waals surface area contributed by atoms with Gasteiger partial charge in [0.05, 0.1) is 0 Å². The minimum Gasteiger partial charge on any atom is -0.353 e. The smallest absolute Gasteiger partial charge is 0.291 e. The van der Waals surface area contributed by atoms with Crippen LogP contribution < -0.4 is 5.32 Å². The fourth-order valence-corrected chi connectivity index (χ4v) is 5.10. The van der Waals surface area contributed by atoms with E-state index in [4.69, 9.17) is 9.47 Å². The number of carbonyl (C=O) groups excluding carboxylic acids is 1. The molecule has 1 heterocycles.